The average molecular weight is 353 g/mol. The number of nitrogens with zero attached hydrogens (tertiary/aromatic N) is 5. The number of amidine groups is 1. The van der Waals surface area contributed by atoms with Crippen molar-refractivity contribution in [2.75, 3.05) is 29.6 Å². The molecule has 1 aliphatic heterocycles. The molecule has 0 bridgehead atoms. The summed E-state index contributed by atoms with van der Waals surface area (Å²) in [5, 5.41) is 8.51. The van der Waals surface area contributed by atoms with Crippen molar-refractivity contribution >= 4 is 29.3 Å². The molecule has 0 spiro atoms. The highest BCUT2D eigenvalue weighted by Gasteiger charge is 2.39. The van der Waals surface area contributed by atoms with Gasteiger partial charge in [-0.3, -0.25) is 15.1 Å². The number of carbonyl (C=O) groups is 1. The van der Waals surface area contributed by atoms with E-state index in [1.165, 1.54) is 10.5 Å². The van der Waals surface area contributed by atoms with E-state index < -0.39 is 5.92 Å². The van der Waals surface area contributed by atoms with Crippen LogP contribution in [0.4, 0.5) is 17.6 Å². The molecule has 0 aliphatic carbocycles. The predicted molar refractivity (Wildman–Crippen MR) is 102 cm³/mol. The van der Waals surface area contributed by atoms with Gasteiger partial charge in [0, 0.05) is 20.5 Å². The minimum Gasteiger partial charge on any atom is -0.368 e. The summed E-state index contributed by atoms with van der Waals surface area (Å²) in [6.45, 7) is 4.23. The van der Waals surface area contributed by atoms with Gasteiger partial charge < -0.3 is 10.6 Å². The summed E-state index contributed by atoms with van der Waals surface area (Å²) in [6.07, 6.45) is 0.140. The number of anilines is 3. The van der Waals surface area contributed by atoms with Gasteiger partial charge in [0.1, 0.15) is 11.7 Å². The number of nitrogens with one attached hydrogen (secondary N) is 1. The second-order valence-corrected chi connectivity index (χ2v) is 6.86. The van der Waals surface area contributed by atoms with E-state index in [4.69, 9.17) is 11.1 Å². The SMILES string of the molecule is CC(C)c1ccc(N2C(=N)C(c3nc(N)nc(N(C)C)n3)CC2=O)cc1. The fourth-order valence-corrected chi connectivity index (χ4v) is 2.91. The fraction of sp³-hybridized carbons (Fsp3) is 0.389. The number of hydrogen-bond donors (Lipinski definition) is 2. The van der Waals surface area contributed by atoms with Crippen molar-refractivity contribution in [1.82, 2.24) is 15.0 Å². The van der Waals surface area contributed by atoms with Crippen LogP contribution in [0.1, 0.15) is 43.5 Å². The van der Waals surface area contributed by atoms with E-state index >= 15 is 0 Å². The number of rotatable bonds is 4. The highest BCUT2D eigenvalue weighted by Crippen LogP contribution is 2.33. The molecule has 1 saturated heterocycles. The summed E-state index contributed by atoms with van der Waals surface area (Å²) in [5.74, 6) is 0.719. The van der Waals surface area contributed by atoms with Gasteiger partial charge in [0.2, 0.25) is 17.8 Å². The van der Waals surface area contributed by atoms with E-state index in [-0.39, 0.29) is 24.1 Å². The first-order valence-electron chi connectivity index (χ1n) is 8.48. The number of amides is 1. The van der Waals surface area contributed by atoms with Gasteiger partial charge in [0.15, 0.2) is 0 Å². The number of hydrogen-bond acceptors (Lipinski definition) is 7. The molecule has 1 aliphatic rings. The van der Waals surface area contributed by atoms with Gasteiger partial charge in [0.25, 0.3) is 0 Å². The van der Waals surface area contributed by atoms with Crippen LogP contribution in [-0.2, 0) is 4.79 Å². The molecule has 1 aromatic heterocycles. The third-order valence-electron chi connectivity index (χ3n) is 4.39. The Morgan fingerprint density at radius 2 is 1.85 bits per heavy atom. The van der Waals surface area contributed by atoms with Gasteiger partial charge in [-0.2, -0.15) is 15.0 Å². The summed E-state index contributed by atoms with van der Waals surface area (Å²) in [6, 6.07) is 7.71. The van der Waals surface area contributed by atoms with Crippen LogP contribution in [0.2, 0.25) is 0 Å². The smallest absolute Gasteiger partial charge is 0.233 e. The number of carbonyl (C=O) groups excluding carboxylic acids is 1. The molecule has 1 aromatic carbocycles. The van der Waals surface area contributed by atoms with Crippen LogP contribution in [-0.4, -0.2) is 40.8 Å². The molecule has 2 heterocycles. The Balaban J connectivity index is 1.92. The average Bonchev–Trinajstić information content (AvgIpc) is 2.89. The molecule has 2 aromatic rings. The molecule has 0 radical (unpaired) electrons. The monoisotopic (exact) mass is 353 g/mol. The van der Waals surface area contributed by atoms with Gasteiger partial charge in [-0.25, -0.2) is 0 Å². The molecule has 1 unspecified atom stereocenters. The third kappa shape index (κ3) is 3.22. The molecule has 0 saturated carbocycles. The molecule has 3 rings (SSSR count). The number of nitrogens with two attached hydrogens (primary N) is 1. The topological polar surface area (TPSA) is 112 Å². The fourth-order valence-electron chi connectivity index (χ4n) is 2.91. The number of benzene rings is 1. The zero-order valence-electron chi connectivity index (χ0n) is 15.4. The van der Waals surface area contributed by atoms with E-state index in [1.807, 2.05) is 24.3 Å². The van der Waals surface area contributed by atoms with Gasteiger partial charge in [-0.05, 0) is 23.6 Å². The quantitative estimate of drug-likeness (QED) is 0.871. The zero-order valence-corrected chi connectivity index (χ0v) is 15.4. The molecule has 8 nitrogen and oxygen atoms in total. The van der Waals surface area contributed by atoms with Crippen molar-refractivity contribution < 1.29 is 4.79 Å². The van der Waals surface area contributed by atoms with E-state index in [0.717, 1.165) is 0 Å². The molecular weight excluding hydrogens is 330 g/mol. The Labute approximate surface area is 152 Å². The van der Waals surface area contributed by atoms with E-state index in [0.29, 0.717) is 23.4 Å². The summed E-state index contributed by atoms with van der Waals surface area (Å²) < 4.78 is 0. The van der Waals surface area contributed by atoms with Crippen molar-refractivity contribution in [3.8, 4) is 0 Å². The Hall–Kier alpha value is -3.03. The normalized spacial score (nSPS) is 17.3. The van der Waals surface area contributed by atoms with Gasteiger partial charge >= 0.3 is 0 Å². The van der Waals surface area contributed by atoms with Crippen molar-refractivity contribution in [3.63, 3.8) is 0 Å². The summed E-state index contributed by atoms with van der Waals surface area (Å²) in [4.78, 5) is 28.3. The van der Waals surface area contributed by atoms with Gasteiger partial charge in [0.05, 0.1) is 11.6 Å². The molecular formula is C18H23N7O. The molecule has 1 atom stereocenters. The second-order valence-electron chi connectivity index (χ2n) is 6.86. The van der Waals surface area contributed by atoms with Crippen LogP contribution in [0.25, 0.3) is 0 Å². The van der Waals surface area contributed by atoms with Gasteiger partial charge in [-0.15, -0.1) is 0 Å². The summed E-state index contributed by atoms with van der Waals surface area (Å²) >= 11 is 0. The lowest BCUT2D eigenvalue weighted by Crippen LogP contribution is -2.30. The zero-order chi connectivity index (χ0) is 19.0. The molecule has 1 amide bonds. The van der Waals surface area contributed by atoms with E-state index in [1.54, 1.807) is 19.0 Å². The lowest BCUT2D eigenvalue weighted by Gasteiger charge is -2.19. The number of nitrogen functional groups attached to an aromatic ring is 1. The molecule has 26 heavy (non-hydrogen) atoms. The summed E-state index contributed by atoms with van der Waals surface area (Å²) in [5.41, 5.74) is 7.64. The first-order chi connectivity index (χ1) is 12.3. The second kappa shape index (κ2) is 6.70. The van der Waals surface area contributed by atoms with Crippen LogP contribution < -0.4 is 15.5 Å². The van der Waals surface area contributed by atoms with Crippen LogP contribution in [0.5, 0.6) is 0 Å². The third-order valence-corrected chi connectivity index (χ3v) is 4.39. The van der Waals surface area contributed by atoms with Crippen molar-refractivity contribution in [1.29, 1.82) is 5.41 Å². The maximum Gasteiger partial charge on any atom is 0.233 e. The van der Waals surface area contributed by atoms with Gasteiger partial charge in [-0.1, -0.05) is 26.0 Å². The first kappa shape index (κ1) is 17.8. The Morgan fingerprint density at radius 3 is 2.42 bits per heavy atom. The lowest BCUT2D eigenvalue weighted by molar-refractivity contribution is -0.116. The largest absolute Gasteiger partial charge is 0.368 e. The predicted octanol–water partition coefficient (Wildman–Crippen LogP) is 2.14. The molecule has 1 fully saturated rings. The van der Waals surface area contributed by atoms with Crippen LogP contribution >= 0.6 is 0 Å². The van der Waals surface area contributed by atoms with Crippen LogP contribution in [0, 0.1) is 5.41 Å². The minimum absolute atomic E-state index is 0.0821. The Kier molecular flexibility index (Phi) is 4.58. The van der Waals surface area contributed by atoms with E-state index in [2.05, 4.69) is 28.8 Å². The number of aromatic nitrogens is 3. The van der Waals surface area contributed by atoms with Crippen molar-refractivity contribution in [3.05, 3.63) is 35.7 Å². The summed E-state index contributed by atoms with van der Waals surface area (Å²) in [7, 11) is 3.60. The molecule has 3 N–H and O–H groups in total. The van der Waals surface area contributed by atoms with Crippen molar-refractivity contribution in [2.24, 2.45) is 0 Å². The standard InChI is InChI=1S/C18H23N7O/c1-10(2)11-5-7-12(8-6-11)25-14(26)9-13(15(25)19)16-21-17(20)23-18(22-16)24(3)4/h5-8,10,13,19H,9H2,1-4H3,(H2,20,21,22,23). The Morgan fingerprint density at radius 1 is 1.19 bits per heavy atom. The Bertz CT molecular complexity index is 845. The molecule has 136 valence electrons. The maximum absolute atomic E-state index is 12.6. The lowest BCUT2D eigenvalue weighted by atomic mass is 10.0. The van der Waals surface area contributed by atoms with Crippen molar-refractivity contribution in [2.45, 2.75) is 32.1 Å². The highest BCUT2D eigenvalue weighted by atomic mass is 16.2. The molecule has 8 heteroatoms. The van der Waals surface area contributed by atoms with Crippen LogP contribution in [0.3, 0.4) is 0 Å². The van der Waals surface area contributed by atoms with E-state index in [9.17, 15) is 4.79 Å². The highest BCUT2D eigenvalue weighted by molar-refractivity contribution is 6.23. The van der Waals surface area contributed by atoms with Crippen LogP contribution in [0.15, 0.2) is 24.3 Å². The first-order valence-corrected chi connectivity index (χ1v) is 8.48. The minimum atomic E-state index is -0.531. The maximum atomic E-state index is 12.6.